The summed E-state index contributed by atoms with van der Waals surface area (Å²) < 4.78 is 11.2. The average Bonchev–Trinajstić information content (AvgIpc) is 3.29. The second-order valence-electron chi connectivity index (χ2n) is 15.4. The van der Waals surface area contributed by atoms with Crippen LogP contribution in [0.3, 0.4) is 0 Å². The number of anilines is 4. The van der Waals surface area contributed by atoms with E-state index in [-0.39, 0.29) is 60.6 Å². The molecule has 4 amide bonds. The molecule has 0 aliphatic rings. The van der Waals surface area contributed by atoms with E-state index >= 15 is 0 Å². The minimum absolute atomic E-state index is 0.0804. The number of benzene rings is 5. The van der Waals surface area contributed by atoms with Crippen molar-refractivity contribution < 1.29 is 38.2 Å². The maximum Gasteiger partial charge on any atom is 0.258 e. The van der Waals surface area contributed by atoms with Crippen molar-refractivity contribution in [1.29, 1.82) is 0 Å². The lowest BCUT2D eigenvalue weighted by Crippen LogP contribution is -2.32. The van der Waals surface area contributed by atoms with Crippen molar-refractivity contribution in [2.45, 2.75) is 70.3 Å². The van der Waals surface area contributed by atoms with E-state index < -0.39 is 47.3 Å². The molecule has 0 radical (unpaired) electrons. The van der Waals surface area contributed by atoms with E-state index in [9.17, 15) is 28.8 Å². The van der Waals surface area contributed by atoms with Gasteiger partial charge in [0.2, 0.25) is 12.1 Å². The number of carbonyl (C=O) groups excluding carboxylic acids is 6. The van der Waals surface area contributed by atoms with Crippen LogP contribution >= 0.6 is 58.0 Å². The number of hydrogen-bond acceptors (Lipinski definition) is 12. The SMILES string of the molecule is CCOc1cc(NC(=O)c2cc(Cl)cc(N=NC(C(C)=O)C(=O)Nc3ccc(NC(=O)C(N=Nc4cc(Cl)cc(C(=O)Nc5cc(OCC)cc(C(C)Cl)c5)c4)C(C)=O)c(CCl)c3)c2)cc(C(C)Cl)c1. The summed E-state index contributed by atoms with van der Waals surface area (Å²) in [5, 5.41) is 26.5. The number of hydrogen-bond donors (Lipinski definition) is 4. The number of azo groups is 2. The molecule has 70 heavy (non-hydrogen) atoms. The van der Waals surface area contributed by atoms with Crippen LogP contribution in [0.1, 0.15) is 89.7 Å². The highest BCUT2D eigenvalue weighted by Crippen LogP contribution is 2.32. The highest BCUT2D eigenvalue weighted by Gasteiger charge is 2.26. The van der Waals surface area contributed by atoms with E-state index in [4.69, 9.17) is 67.5 Å². The van der Waals surface area contributed by atoms with Gasteiger partial charge in [0.1, 0.15) is 11.5 Å². The predicted molar refractivity (Wildman–Crippen MR) is 274 cm³/mol. The zero-order valence-electron chi connectivity index (χ0n) is 38.5. The fourth-order valence-corrected chi connectivity index (χ4v) is 7.41. The summed E-state index contributed by atoms with van der Waals surface area (Å²) in [6.45, 7) is 10.4. The zero-order chi connectivity index (χ0) is 51.2. The van der Waals surface area contributed by atoms with Gasteiger partial charge < -0.3 is 30.7 Å². The van der Waals surface area contributed by atoms with Gasteiger partial charge in [0.15, 0.2) is 11.6 Å². The van der Waals surface area contributed by atoms with E-state index in [0.29, 0.717) is 41.7 Å². The topological polar surface area (TPSA) is 218 Å². The third-order valence-corrected chi connectivity index (χ3v) is 11.1. The van der Waals surface area contributed by atoms with Gasteiger partial charge in [0.25, 0.3) is 23.6 Å². The minimum atomic E-state index is -1.63. The van der Waals surface area contributed by atoms with Gasteiger partial charge in [-0.2, -0.15) is 20.5 Å². The molecule has 366 valence electrons. The molecule has 4 N–H and O–H groups in total. The van der Waals surface area contributed by atoms with Crippen molar-refractivity contribution in [3.8, 4) is 11.5 Å². The Kier molecular flexibility index (Phi) is 19.8. The second-order valence-corrected chi connectivity index (χ2v) is 17.9. The fourth-order valence-electron chi connectivity index (χ4n) is 6.48. The molecule has 0 aliphatic heterocycles. The Morgan fingerprint density at radius 1 is 0.557 bits per heavy atom. The van der Waals surface area contributed by atoms with Gasteiger partial charge in [-0.3, -0.25) is 28.8 Å². The van der Waals surface area contributed by atoms with Crippen LogP contribution in [0.5, 0.6) is 11.5 Å². The normalized spacial score (nSPS) is 13.0. The van der Waals surface area contributed by atoms with Crippen molar-refractivity contribution in [2.75, 3.05) is 34.5 Å². The minimum Gasteiger partial charge on any atom is -0.494 e. The molecule has 5 aromatic carbocycles. The van der Waals surface area contributed by atoms with Crippen LogP contribution in [-0.2, 0) is 25.1 Å². The molecule has 4 atom stereocenters. The molecule has 0 saturated carbocycles. The lowest BCUT2D eigenvalue weighted by molar-refractivity contribution is -0.127. The van der Waals surface area contributed by atoms with Crippen molar-refractivity contribution >= 4 is 127 Å². The van der Waals surface area contributed by atoms with Crippen molar-refractivity contribution in [1.82, 2.24) is 0 Å². The monoisotopic (exact) mass is 1050 g/mol. The molecule has 4 unspecified atom stereocenters. The molecule has 0 heterocycles. The summed E-state index contributed by atoms with van der Waals surface area (Å²) in [5.74, 6) is -3.21. The molecule has 0 aliphatic carbocycles. The molecule has 0 aromatic heterocycles. The first-order valence-corrected chi connectivity index (χ1v) is 23.6. The summed E-state index contributed by atoms with van der Waals surface area (Å²) in [5.41, 5.74) is 3.38. The third-order valence-electron chi connectivity index (χ3n) is 9.82. The molecule has 16 nitrogen and oxygen atoms in total. The van der Waals surface area contributed by atoms with Crippen molar-refractivity contribution in [3.63, 3.8) is 0 Å². The number of nitrogens with one attached hydrogen (secondary N) is 4. The molecule has 21 heteroatoms. The summed E-state index contributed by atoms with van der Waals surface area (Å²) >= 11 is 31.5. The highest BCUT2D eigenvalue weighted by atomic mass is 35.5. The fraction of sp³-hybridized carbons (Fsp3) is 0.265. The van der Waals surface area contributed by atoms with Crippen LogP contribution in [0, 0.1) is 0 Å². The van der Waals surface area contributed by atoms with Gasteiger partial charge in [-0.05, 0) is 137 Å². The van der Waals surface area contributed by atoms with Gasteiger partial charge in [-0.25, -0.2) is 0 Å². The maximum absolute atomic E-state index is 13.5. The smallest absolute Gasteiger partial charge is 0.258 e. The van der Waals surface area contributed by atoms with Gasteiger partial charge in [-0.1, -0.05) is 23.2 Å². The van der Waals surface area contributed by atoms with Crippen LogP contribution < -0.4 is 30.7 Å². The van der Waals surface area contributed by atoms with Crippen molar-refractivity contribution in [3.05, 3.63) is 129 Å². The maximum atomic E-state index is 13.5. The summed E-state index contributed by atoms with van der Waals surface area (Å²) in [6.07, 6.45) is 0. The predicted octanol–water partition coefficient (Wildman–Crippen LogP) is 13.0. The molecule has 5 rings (SSSR count). The Hall–Kier alpha value is -6.43. The average molecular weight is 1050 g/mol. The summed E-state index contributed by atoms with van der Waals surface area (Å²) in [4.78, 5) is 78.9. The van der Waals surface area contributed by atoms with Gasteiger partial charge >= 0.3 is 0 Å². The molecule has 0 fully saturated rings. The van der Waals surface area contributed by atoms with E-state index in [2.05, 4.69) is 41.7 Å². The van der Waals surface area contributed by atoms with Crippen LogP contribution in [0.4, 0.5) is 34.1 Å². The van der Waals surface area contributed by atoms with E-state index in [0.717, 1.165) is 25.0 Å². The lowest BCUT2D eigenvalue weighted by atomic mass is 10.1. The first-order chi connectivity index (χ1) is 33.3. The number of nitrogens with zero attached hydrogens (tertiary/aromatic N) is 4. The molecular weight excluding hydrogens is 1010 g/mol. The number of rotatable bonds is 21. The Morgan fingerprint density at radius 3 is 1.40 bits per heavy atom. The summed E-state index contributed by atoms with van der Waals surface area (Å²) in [7, 11) is 0. The first kappa shape index (κ1) is 54.5. The molecule has 5 aromatic rings. The van der Waals surface area contributed by atoms with Crippen LogP contribution in [-0.4, -0.2) is 60.5 Å². The lowest BCUT2D eigenvalue weighted by Gasteiger charge is -2.15. The van der Waals surface area contributed by atoms with E-state index in [1.165, 1.54) is 54.6 Å². The van der Waals surface area contributed by atoms with Crippen LogP contribution in [0.25, 0.3) is 0 Å². The molecule has 0 bridgehead atoms. The largest absolute Gasteiger partial charge is 0.494 e. The Balaban J connectivity index is 1.26. The van der Waals surface area contributed by atoms with E-state index in [1.54, 1.807) is 50.2 Å². The number of alkyl halides is 3. The van der Waals surface area contributed by atoms with Gasteiger partial charge in [-0.15, -0.1) is 34.8 Å². The number of Topliss-reactive ketones (excluding diaryl/α,β-unsaturated/α-hetero) is 2. The van der Waals surface area contributed by atoms with Crippen LogP contribution in [0.15, 0.2) is 111 Å². The first-order valence-electron chi connectivity index (χ1n) is 21.5. The number of ketones is 2. The number of ether oxygens (including phenoxy) is 2. The van der Waals surface area contributed by atoms with Gasteiger partial charge in [0.05, 0.1) is 35.3 Å². The third kappa shape index (κ3) is 15.5. The molecule has 0 spiro atoms. The summed E-state index contributed by atoms with van der Waals surface area (Å²) in [6, 6.07) is 19.7. The quantitative estimate of drug-likeness (QED) is 0.0314. The van der Waals surface area contributed by atoms with Crippen LogP contribution in [0.2, 0.25) is 10.0 Å². The Morgan fingerprint density at radius 2 is 1.00 bits per heavy atom. The van der Waals surface area contributed by atoms with E-state index in [1.807, 2.05) is 13.8 Å². The Labute approximate surface area is 428 Å². The Bertz CT molecular complexity index is 2860. The zero-order valence-corrected chi connectivity index (χ0v) is 42.3. The highest BCUT2D eigenvalue weighted by molar-refractivity contribution is 6.32. The second kappa shape index (κ2) is 25.4. The number of halogens is 5. The molecular formula is C49H47Cl5N8O8. The molecule has 0 saturated heterocycles. The number of carbonyl (C=O) groups is 6. The standard InChI is InChI=1S/C49H47Cl5N8O8/c1-7-69-41-18-29(25(3)51)13-37(22-41)56-46(65)31-11-34(53)20-39(15-31)59-61-44(27(5)63)48(67)55-36-9-10-43(33(17-36)24-50)58-49(68)45(28(6)64)62-60-40-16-32(12-35(54)21-40)47(66)57-38-14-30(26(4)52)19-42(23-38)70-8-2/h9-23,25-26,44-45H,7-8,24H2,1-6H3,(H,55,67)(H,56,65)(H,57,66)(H,58,68). The van der Waals surface area contributed by atoms with Gasteiger partial charge in [0, 0.05) is 61.9 Å². The number of amides is 4. The van der Waals surface area contributed by atoms with Crippen molar-refractivity contribution in [2.24, 2.45) is 20.5 Å².